The molecule has 1 amide bonds. The van der Waals surface area contributed by atoms with E-state index in [9.17, 15) is 13.2 Å². The first kappa shape index (κ1) is 23.9. The van der Waals surface area contributed by atoms with Gasteiger partial charge in [0.15, 0.2) is 0 Å². The van der Waals surface area contributed by atoms with Crippen molar-refractivity contribution in [3.8, 4) is 5.75 Å². The van der Waals surface area contributed by atoms with Crippen molar-refractivity contribution < 1.29 is 17.9 Å². The number of benzene rings is 2. The lowest BCUT2D eigenvalue weighted by Gasteiger charge is -2.30. The molecule has 0 spiro atoms. The lowest BCUT2D eigenvalue weighted by molar-refractivity contribution is -0.125. The molecule has 1 aliphatic heterocycles. The number of carbonyl (C=O) groups is 1. The number of rotatable bonds is 8. The Morgan fingerprint density at radius 1 is 1.00 bits per heavy atom. The van der Waals surface area contributed by atoms with Gasteiger partial charge >= 0.3 is 0 Å². The largest absolute Gasteiger partial charge is 0.494 e. The molecule has 0 aliphatic carbocycles. The summed E-state index contributed by atoms with van der Waals surface area (Å²) in [6, 6.07) is 16.8. The van der Waals surface area contributed by atoms with Gasteiger partial charge in [0.05, 0.1) is 12.1 Å². The number of sulfonamides is 1. The van der Waals surface area contributed by atoms with Crippen LogP contribution in [0.5, 0.6) is 5.75 Å². The molecule has 0 saturated carbocycles. The quantitative estimate of drug-likeness (QED) is 0.592. The smallest absolute Gasteiger partial charge is 0.285 e. The van der Waals surface area contributed by atoms with E-state index in [2.05, 4.69) is 31.3 Å². The highest BCUT2D eigenvalue weighted by atomic mass is 32.2. The number of carbonyl (C=O) groups excluding carboxylic acids is 1. The van der Waals surface area contributed by atoms with Gasteiger partial charge in [-0.3, -0.25) is 4.79 Å². The second kappa shape index (κ2) is 9.36. The summed E-state index contributed by atoms with van der Waals surface area (Å²) >= 11 is 0. The van der Waals surface area contributed by atoms with Crippen LogP contribution in [-0.2, 0) is 14.8 Å². The summed E-state index contributed by atoms with van der Waals surface area (Å²) in [4.78, 5) is 13.1. The van der Waals surface area contributed by atoms with Gasteiger partial charge in [-0.2, -0.15) is 0 Å². The van der Waals surface area contributed by atoms with Crippen LogP contribution >= 0.6 is 0 Å². The third kappa shape index (κ3) is 4.99. The van der Waals surface area contributed by atoms with Crippen molar-refractivity contribution in [1.82, 2.24) is 9.62 Å². The van der Waals surface area contributed by atoms with Crippen molar-refractivity contribution in [2.24, 2.45) is 0 Å². The van der Waals surface area contributed by atoms with E-state index in [4.69, 9.17) is 4.74 Å². The minimum Gasteiger partial charge on any atom is -0.494 e. The van der Waals surface area contributed by atoms with Crippen LogP contribution in [0.1, 0.15) is 58.1 Å². The van der Waals surface area contributed by atoms with E-state index in [0.717, 1.165) is 10.1 Å². The fourth-order valence-electron chi connectivity index (χ4n) is 3.66. The van der Waals surface area contributed by atoms with Crippen molar-refractivity contribution in [3.63, 3.8) is 0 Å². The highest BCUT2D eigenvalue weighted by Gasteiger charge is 2.49. The molecule has 2 aromatic carbocycles. The van der Waals surface area contributed by atoms with Crippen molar-refractivity contribution >= 4 is 20.8 Å². The van der Waals surface area contributed by atoms with Crippen molar-refractivity contribution in [3.05, 3.63) is 71.4 Å². The second-order valence-electron chi connectivity index (χ2n) is 9.17. The van der Waals surface area contributed by atoms with E-state index in [1.165, 1.54) is 5.56 Å². The number of ether oxygens (including phenoxy) is 1. The zero-order valence-corrected chi connectivity index (χ0v) is 20.2. The third-order valence-corrected chi connectivity index (χ3v) is 7.36. The third-order valence-electron chi connectivity index (χ3n) is 5.21. The predicted molar refractivity (Wildman–Crippen MR) is 128 cm³/mol. The van der Waals surface area contributed by atoms with E-state index in [0.29, 0.717) is 31.1 Å². The average molecular weight is 457 g/mol. The molecule has 3 rings (SSSR count). The molecule has 1 N–H and O–H groups in total. The Kier molecular flexibility index (Phi) is 6.98. The van der Waals surface area contributed by atoms with Gasteiger partial charge in [-0.1, -0.05) is 56.3 Å². The molecule has 0 unspecified atom stereocenters. The lowest BCUT2D eigenvalue weighted by Crippen LogP contribution is -2.46. The zero-order chi connectivity index (χ0) is 23.5. The van der Waals surface area contributed by atoms with Gasteiger partial charge in [-0.25, -0.2) is 12.7 Å². The lowest BCUT2D eigenvalue weighted by atomic mass is 10.0. The maximum Gasteiger partial charge on any atom is 0.285 e. The molecule has 0 radical (unpaired) electrons. The minimum atomic E-state index is -3.96. The SMILES string of the molecule is CC(C)c1ccc(OCCCNC2=C(c3ccccc3)S(=O)(=O)N(C(C)(C)C)C2=O)cc1. The highest BCUT2D eigenvalue weighted by molar-refractivity contribution is 7.99. The molecule has 32 heavy (non-hydrogen) atoms. The number of hydrogen-bond acceptors (Lipinski definition) is 5. The Balaban J connectivity index is 1.71. The van der Waals surface area contributed by atoms with E-state index >= 15 is 0 Å². The molecule has 0 bridgehead atoms. The molecule has 0 saturated heterocycles. The van der Waals surface area contributed by atoms with Gasteiger partial charge in [0.2, 0.25) is 0 Å². The topological polar surface area (TPSA) is 75.7 Å². The van der Waals surface area contributed by atoms with Gasteiger partial charge in [0, 0.05) is 6.54 Å². The molecule has 172 valence electrons. The molecule has 0 aromatic heterocycles. The van der Waals surface area contributed by atoms with Crippen LogP contribution in [0.3, 0.4) is 0 Å². The Labute approximate surface area is 191 Å². The van der Waals surface area contributed by atoms with Crippen molar-refractivity contribution in [2.45, 2.75) is 52.5 Å². The summed E-state index contributed by atoms with van der Waals surface area (Å²) in [7, 11) is -3.96. The average Bonchev–Trinajstić information content (AvgIpc) is 2.93. The molecule has 1 heterocycles. The van der Waals surface area contributed by atoms with Crippen LogP contribution < -0.4 is 10.1 Å². The maximum absolute atomic E-state index is 13.3. The minimum absolute atomic E-state index is 0.0308. The first-order valence-electron chi connectivity index (χ1n) is 10.9. The summed E-state index contributed by atoms with van der Waals surface area (Å²) in [5.74, 6) is 0.729. The van der Waals surface area contributed by atoms with Crippen LogP contribution in [0.4, 0.5) is 0 Å². The first-order valence-corrected chi connectivity index (χ1v) is 12.3. The summed E-state index contributed by atoms with van der Waals surface area (Å²) < 4.78 is 33.3. The zero-order valence-electron chi connectivity index (χ0n) is 19.4. The standard InChI is InChI=1S/C25H32N2O4S/c1-18(2)19-12-14-21(15-13-19)31-17-9-16-26-22-23(20-10-7-6-8-11-20)32(29,30)27(24(22)28)25(3,4)5/h6-8,10-15,18,26H,9,16-17H2,1-5H3. The normalized spacial score (nSPS) is 16.1. The van der Waals surface area contributed by atoms with Gasteiger partial charge < -0.3 is 10.1 Å². The van der Waals surface area contributed by atoms with Crippen molar-refractivity contribution in [2.75, 3.05) is 13.2 Å². The summed E-state index contributed by atoms with van der Waals surface area (Å²) in [6.07, 6.45) is 0.611. The van der Waals surface area contributed by atoms with Crippen LogP contribution in [-0.4, -0.2) is 37.3 Å². The number of amides is 1. The van der Waals surface area contributed by atoms with E-state index < -0.39 is 21.5 Å². The van der Waals surface area contributed by atoms with Gasteiger partial charge in [-0.05, 0) is 56.4 Å². The summed E-state index contributed by atoms with van der Waals surface area (Å²) in [5, 5.41) is 3.08. The molecule has 1 aliphatic rings. The monoisotopic (exact) mass is 456 g/mol. The second-order valence-corrected chi connectivity index (χ2v) is 10.9. The molecular formula is C25H32N2O4S. The fraction of sp³-hybridized carbons (Fsp3) is 0.400. The number of nitrogens with zero attached hydrogens (tertiary/aromatic N) is 1. The fourth-order valence-corrected chi connectivity index (χ4v) is 5.72. The predicted octanol–water partition coefficient (Wildman–Crippen LogP) is 4.51. The molecule has 7 heteroatoms. The van der Waals surface area contributed by atoms with E-state index in [1.54, 1.807) is 45.0 Å². The van der Waals surface area contributed by atoms with Gasteiger partial charge in [-0.15, -0.1) is 0 Å². The summed E-state index contributed by atoms with van der Waals surface area (Å²) in [6.45, 7) is 10.3. The highest BCUT2D eigenvalue weighted by Crippen LogP contribution is 2.38. The Hall–Kier alpha value is -2.80. The molecule has 0 fully saturated rings. The molecule has 2 aromatic rings. The maximum atomic E-state index is 13.3. The molecule has 0 atom stereocenters. The van der Waals surface area contributed by atoms with Crippen LogP contribution in [0.25, 0.3) is 4.91 Å². The number of nitrogens with one attached hydrogen (secondary N) is 1. The number of hydrogen-bond donors (Lipinski definition) is 1. The first-order chi connectivity index (χ1) is 15.0. The Bertz CT molecular complexity index is 1080. The van der Waals surface area contributed by atoms with Gasteiger partial charge in [0.25, 0.3) is 15.9 Å². The van der Waals surface area contributed by atoms with Crippen LogP contribution in [0, 0.1) is 0 Å². The Morgan fingerprint density at radius 2 is 1.62 bits per heavy atom. The van der Waals surface area contributed by atoms with Gasteiger partial charge in [0.1, 0.15) is 16.4 Å². The summed E-state index contributed by atoms with van der Waals surface area (Å²) in [5.41, 5.74) is 0.998. The molecular weight excluding hydrogens is 424 g/mol. The van der Waals surface area contributed by atoms with E-state index in [-0.39, 0.29) is 10.6 Å². The Morgan fingerprint density at radius 3 is 2.19 bits per heavy atom. The van der Waals surface area contributed by atoms with Crippen LogP contribution in [0.2, 0.25) is 0 Å². The van der Waals surface area contributed by atoms with Crippen LogP contribution in [0.15, 0.2) is 60.3 Å². The van der Waals surface area contributed by atoms with E-state index in [1.807, 2.05) is 18.2 Å². The van der Waals surface area contributed by atoms with Crippen molar-refractivity contribution in [1.29, 1.82) is 0 Å². The molecule has 6 nitrogen and oxygen atoms in total.